The van der Waals surface area contributed by atoms with E-state index in [1.54, 1.807) is 24.0 Å². The van der Waals surface area contributed by atoms with E-state index in [0.717, 1.165) is 16.6 Å². The number of carbonyl (C=O) groups is 2. The summed E-state index contributed by atoms with van der Waals surface area (Å²) in [5.74, 6) is -0.0306. The number of amides is 2. The van der Waals surface area contributed by atoms with Crippen LogP contribution in [0.3, 0.4) is 0 Å². The van der Waals surface area contributed by atoms with Gasteiger partial charge in [-0.2, -0.15) is 13.2 Å². The Labute approximate surface area is 199 Å². The number of fused-ring (bicyclic) bond motifs is 1. The number of rotatable bonds is 4. The van der Waals surface area contributed by atoms with Crippen LogP contribution in [0.5, 0.6) is 0 Å². The van der Waals surface area contributed by atoms with Gasteiger partial charge in [0.15, 0.2) is 0 Å². The number of nitrogens with one attached hydrogen (secondary N) is 1. The van der Waals surface area contributed by atoms with Gasteiger partial charge in [-0.15, -0.1) is 0 Å². The van der Waals surface area contributed by atoms with E-state index in [2.05, 4.69) is 35.1 Å². The first kappa shape index (κ1) is 23.8. The molecule has 1 aliphatic heterocycles. The number of benzene rings is 2. The summed E-state index contributed by atoms with van der Waals surface area (Å²) in [7, 11) is 0. The SMILES string of the molecule is CC1(C)[C@@H]2CC(=O)N(Cc3ccc(C(F)(F)F)cc3)[C@@](C)(C(=O)Nc3ccc(Br)cc3)C[C@@H]21. The normalized spacial score (nSPS) is 26.4. The highest BCUT2D eigenvalue weighted by Crippen LogP contribution is 2.64. The lowest BCUT2D eigenvalue weighted by molar-refractivity contribution is -0.145. The van der Waals surface area contributed by atoms with Crippen LogP contribution < -0.4 is 5.32 Å². The number of hydrogen-bond acceptors (Lipinski definition) is 2. The van der Waals surface area contributed by atoms with Crippen molar-refractivity contribution in [2.45, 2.75) is 51.9 Å². The fourth-order valence-corrected chi connectivity index (χ4v) is 5.30. The van der Waals surface area contributed by atoms with Crippen molar-refractivity contribution in [1.29, 1.82) is 0 Å². The summed E-state index contributed by atoms with van der Waals surface area (Å²) in [4.78, 5) is 28.5. The molecule has 0 spiro atoms. The van der Waals surface area contributed by atoms with Crippen molar-refractivity contribution in [3.8, 4) is 0 Å². The Morgan fingerprint density at radius 3 is 2.24 bits per heavy atom. The van der Waals surface area contributed by atoms with E-state index in [9.17, 15) is 22.8 Å². The van der Waals surface area contributed by atoms with Crippen LogP contribution in [0.15, 0.2) is 53.0 Å². The molecule has 2 amide bonds. The first-order chi connectivity index (χ1) is 15.3. The predicted molar refractivity (Wildman–Crippen MR) is 123 cm³/mol. The lowest BCUT2D eigenvalue weighted by Crippen LogP contribution is -2.56. The molecule has 4 nitrogen and oxygen atoms in total. The van der Waals surface area contributed by atoms with E-state index in [1.807, 2.05) is 12.1 Å². The van der Waals surface area contributed by atoms with Gasteiger partial charge >= 0.3 is 6.18 Å². The quantitative estimate of drug-likeness (QED) is 0.515. The van der Waals surface area contributed by atoms with Crippen molar-refractivity contribution < 1.29 is 22.8 Å². The molecule has 1 aliphatic carbocycles. The van der Waals surface area contributed by atoms with Gasteiger partial charge < -0.3 is 10.2 Å². The van der Waals surface area contributed by atoms with Crippen molar-refractivity contribution in [1.82, 2.24) is 4.90 Å². The third-order valence-corrected chi connectivity index (χ3v) is 7.94. The molecule has 176 valence electrons. The van der Waals surface area contributed by atoms with Gasteiger partial charge in [-0.25, -0.2) is 0 Å². The van der Waals surface area contributed by atoms with E-state index in [4.69, 9.17) is 0 Å². The summed E-state index contributed by atoms with van der Waals surface area (Å²) >= 11 is 3.37. The molecule has 0 unspecified atom stereocenters. The average Bonchev–Trinajstić information content (AvgIpc) is 3.28. The monoisotopic (exact) mass is 522 g/mol. The van der Waals surface area contributed by atoms with Crippen LogP contribution in [0.4, 0.5) is 18.9 Å². The van der Waals surface area contributed by atoms with Crippen LogP contribution in [0.2, 0.25) is 0 Å². The van der Waals surface area contributed by atoms with Crippen LogP contribution in [0.25, 0.3) is 0 Å². The zero-order chi connectivity index (χ0) is 24.2. The van der Waals surface area contributed by atoms with Crippen molar-refractivity contribution in [2.24, 2.45) is 17.3 Å². The van der Waals surface area contributed by atoms with E-state index in [1.165, 1.54) is 12.1 Å². The predicted octanol–water partition coefficient (Wildman–Crippen LogP) is 6.26. The molecule has 0 bridgehead atoms. The summed E-state index contributed by atoms with van der Waals surface area (Å²) < 4.78 is 39.7. The highest BCUT2D eigenvalue weighted by atomic mass is 79.9. The second-order valence-electron chi connectivity index (χ2n) is 9.85. The highest BCUT2D eigenvalue weighted by Gasteiger charge is 2.64. The Morgan fingerprint density at radius 2 is 1.67 bits per heavy atom. The summed E-state index contributed by atoms with van der Waals surface area (Å²) in [5.41, 5.74) is -0.738. The van der Waals surface area contributed by atoms with E-state index >= 15 is 0 Å². The number of nitrogens with zero attached hydrogens (tertiary/aromatic N) is 1. The standard InChI is InChI=1S/C25H26BrF3N2O2/c1-23(2)19-12-21(32)31(14-15-4-6-16(7-5-15)25(27,28)29)24(3,13-20(19)23)22(33)30-18-10-8-17(26)9-11-18/h4-11,19-20H,12-14H2,1-3H3,(H,30,33)/t19-,20+,24-/m1/s1. The number of anilines is 1. The van der Waals surface area contributed by atoms with Crippen LogP contribution >= 0.6 is 15.9 Å². The second-order valence-corrected chi connectivity index (χ2v) is 10.8. The Hall–Kier alpha value is -2.35. The minimum absolute atomic E-state index is 0.0186. The fraction of sp³-hybridized carbons (Fsp3) is 0.440. The van der Waals surface area contributed by atoms with Crippen molar-refractivity contribution in [3.63, 3.8) is 0 Å². The minimum atomic E-state index is -4.43. The number of carbonyl (C=O) groups excluding carboxylic acids is 2. The van der Waals surface area contributed by atoms with Gasteiger partial charge in [-0.1, -0.05) is 41.9 Å². The molecule has 0 aromatic heterocycles. The lowest BCUT2D eigenvalue weighted by Gasteiger charge is -2.40. The van der Waals surface area contributed by atoms with E-state index in [-0.39, 0.29) is 35.6 Å². The van der Waals surface area contributed by atoms with Crippen LogP contribution in [0, 0.1) is 17.3 Å². The molecule has 1 N–H and O–H groups in total. The van der Waals surface area contributed by atoms with Gasteiger partial charge in [0.05, 0.1) is 5.56 Å². The summed E-state index contributed by atoms with van der Waals surface area (Å²) in [5, 5.41) is 2.94. The van der Waals surface area contributed by atoms with Gasteiger partial charge in [0, 0.05) is 23.1 Å². The minimum Gasteiger partial charge on any atom is -0.324 e. The van der Waals surface area contributed by atoms with Gasteiger partial charge in [0.1, 0.15) is 5.54 Å². The zero-order valence-electron chi connectivity index (χ0n) is 18.7. The molecule has 33 heavy (non-hydrogen) atoms. The molecule has 1 saturated carbocycles. The maximum atomic E-state index is 13.6. The number of likely N-dealkylation sites (tertiary alicyclic amines) is 1. The maximum Gasteiger partial charge on any atom is 0.416 e. The average molecular weight is 523 g/mol. The molecule has 2 aromatic carbocycles. The number of hydrogen-bond donors (Lipinski definition) is 1. The number of halogens is 4. The van der Waals surface area contributed by atoms with E-state index < -0.39 is 17.3 Å². The first-order valence-electron chi connectivity index (χ1n) is 10.9. The third kappa shape index (κ3) is 4.54. The maximum absolute atomic E-state index is 13.6. The molecule has 0 radical (unpaired) electrons. The van der Waals surface area contributed by atoms with Crippen LogP contribution in [-0.2, 0) is 22.3 Å². The molecule has 2 fully saturated rings. The van der Waals surface area contributed by atoms with Gasteiger partial charge in [-0.3, -0.25) is 9.59 Å². The second kappa shape index (κ2) is 8.15. The smallest absolute Gasteiger partial charge is 0.324 e. The first-order valence-corrected chi connectivity index (χ1v) is 11.7. The molecule has 4 rings (SSSR count). The molecule has 3 atom stereocenters. The highest BCUT2D eigenvalue weighted by molar-refractivity contribution is 9.10. The van der Waals surface area contributed by atoms with Crippen LogP contribution in [0.1, 0.15) is 44.7 Å². The van der Waals surface area contributed by atoms with E-state index in [0.29, 0.717) is 24.1 Å². The summed E-state index contributed by atoms with van der Waals surface area (Å²) in [6.45, 7) is 6.07. The summed E-state index contributed by atoms with van der Waals surface area (Å²) in [6, 6.07) is 11.9. The third-order valence-electron chi connectivity index (χ3n) is 7.41. The molecular formula is C25H26BrF3N2O2. The van der Waals surface area contributed by atoms with Gasteiger partial charge in [-0.05, 0) is 72.6 Å². The molecule has 2 aromatic rings. The molecule has 8 heteroatoms. The number of alkyl halides is 3. The topological polar surface area (TPSA) is 49.4 Å². The Bertz CT molecular complexity index is 1070. The van der Waals surface area contributed by atoms with Crippen LogP contribution in [-0.4, -0.2) is 22.3 Å². The van der Waals surface area contributed by atoms with Crippen molar-refractivity contribution in [2.75, 3.05) is 5.32 Å². The largest absolute Gasteiger partial charge is 0.416 e. The Balaban J connectivity index is 1.64. The Morgan fingerprint density at radius 1 is 1.06 bits per heavy atom. The zero-order valence-corrected chi connectivity index (χ0v) is 20.3. The fourth-order valence-electron chi connectivity index (χ4n) is 5.04. The van der Waals surface area contributed by atoms with Gasteiger partial charge in [0.2, 0.25) is 11.8 Å². The Kier molecular flexibility index (Phi) is 5.88. The molecule has 1 saturated heterocycles. The van der Waals surface area contributed by atoms with Gasteiger partial charge in [0.25, 0.3) is 0 Å². The van der Waals surface area contributed by atoms with Crippen molar-refractivity contribution in [3.05, 3.63) is 64.1 Å². The summed E-state index contributed by atoms with van der Waals surface area (Å²) in [6.07, 6.45) is -3.60. The molecule has 2 aliphatic rings. The molecular weight excluding hydrogens is 497 g/mol. The lowest BCUT2D eigenvalue weighted by atomic mass is 9.88. The molecule has 1 heterocycles. The van der Waals surface area contributed by atoms with Crippen molar-refractivity contribution >= 4 is 33.4 Å².